The van der Waals surface area contributed by atoms with Crippen LogP contribution in [0.25, 0.3) is 0 Å². The van der Waals surface area contributed by atoms with Crippen LogP contribution in [0, 0.1) is 23.6 Å². The van der Waals surface area contributed by atoms with Gasteiger partial charge in [-0.3, -0.25) is 0 Å². The lowest BCUT2D eigenvalue weighted by atomic mass is 9.93. The van der Waals surface area contributed by atoms with E-state index in [0.29, 0.717) is 13.1 Å². The maximum atomic E-state index is 13.0. The van der Waals surface area contributed by atoms with Crippen LogP contribution in [0.1, 0.15) is 12.8 Å². The van der Waals surface area contributed by atoms with Crippen LogP contribution in [-0.4, -0.2) is 45.4 Å². The Morgan fingerprint density at radius 1 is 1.08 bits per heavy atom. The fraction of sp³-hybridized carbons (Fsp3) is 0.556. The molecule has 1 saturated carbocycles. The minimum atomic E-state index is -3.50. The zero-order chi connectivity index (χ0) is 16.7. The maximum Gasteiger partial charge on any atom is 0.243 e. The summed E-state index contributed by atoms with van der Waals surface area (Å²) in [6, 6.07) is 5.12. The predicted octanol–water partition coefficient (Wildman–Crippen LogP) is 0.927. The molecular weight excluding hydrogens is 327 g/mol. The number of allylic oxidation sites excluding steroid dienone is 2. The third kappa shape index (κ3) is 3.03. The lowest BCUT2D eigenvalue weighted by Gasteiger charge is -2.33. The van der Waals surface area contributed by atoms with E-state index in [9.17, 15) is 12.8 Å². The zero-order valence-corrected chi connectivity index (χ0v) is 14.5. The summed E-state index contributed by atoms with van der Waals surface area (Å²) < 4.78 is 39.8. The van der Waals surface area contributed by atoms with E-state index in [1.165, 1.54) is 42.0 Å². The van der Waals surface area contributed by atoms with Gasteiger partial charge in [-0.1, -0.05) is 12.2 Å². The largest absolute Gasteiger partial charge is 0.332 e. The minimum absolute atomic E-state index is 0.186. The lowest BCUT2D eigenvalue weighted by molar-refractivity contribution is -0.907. The summed E-state index contributed by atoms with van der Waals surface area (Å²) in [4.78, 5) is 1.71. The molecule has 0 aromatic heterocycles. The molecule has 0 amide bonds. The van der Waals surface area contributed by atoms with Gasteiger partial charge in [0.15, 0.2) is 0 Å². The van der Waals surface area contributed by atoms with Crippen molar-refractivity contribution in [2.45, 2.75) is 17.7 Å². The zero-order valence-electron chi connectivity index (χ0n) is 13.7. The van der Waals surface area contributed by atoms with Crippen molar-refractivity contribution in [1.29, 1.82) is 0 Å². The summed E-state index contributed by atoms with van der Waals surface area (Å²) in [5.74, 6) is 1.90. The molecule has 1 aromatic carbocycles. The fourth-order valence-corrected chi connectivity index (χ4v) is 5.94. The van der Waals surface area contributed by atoms with E-state index in [-0.39, 0.29) is 4.90 Å². The number of rotatable bonds is 4. The molecule has 3 atom stereocenters. The van der Waals surface area contributed by atoms with Crippen LogP contribution in [0.15, 0.2) is 41.3 Å². The molecule has 0 radical (unpaired) electrons. The lowest BCUT2D eigenvalue weighted by Crippen LogP contribution is -3.15. The molecule has 1 N–H and O–H groups in total. The molecule has 1 heterocycles. The van der Waals surface area contributed by atoms with Crippen LogP contribution in [0.5, 0.6) is 0 Å². The van der Waals surface area contributed by atoms with E-state index in [4.69, 9.17) is 0 Å². The Balaban J connectivity index is 1.35. The number of sulfonamides is 1. The third-order valence-corrected chi connectivity index (χ3v) is 7.76. The highest BCUT2D eigenvalue weighted by Gasteiger charge is 2.39. The van der Waals surface area contributed by atoms with Crippen LogP contribution in [0.2, 0.25) is 0 Å². The van der Waals surface area contributed by atoms with Crippen molar-refractivity contribution in [2.24, 2.45) is 17.8 Å². The molecule has 2 aliphatic carbocycles. The van der Waals surface area contributed by atoms with E-state index in [0.717, 1.165) is 37.4 Å². The fourth-order valence-electron chi connectivity index (χ4n) is 4.50. The monoisotopic (exact) mass is 351 g/mol. The molecule has 1 saturated heterocycles. The molecule has 0 unspecified atom stereocenters. The number of nitrogens with one attached hydrogen (secondary N) is 1. The number of quaternary nitrogens is 1. The molecule has 130 valence electrons. The first-order valence-electron chi connectivity index (χ1n) is 8.80. The first-order chi connectivity index (χ1) is 11.5. The number of benzene rings is 1. The van der Waals surface area contributed by atoms with Gasteiger partial charge in [0.25, 0.3) is 0 Å². The second kappa shape index (κ2) is 6.24. The van der Waals surface area contributed by atoms with Crippen LogP contribution >= 0.6 is 0 Å². The van der Waals surface area contributed by atoms with Crippen molar-refractivity contribution >= 4 is 10.0 Å². The molecule has 4 rings (SSSR count). The smallest absolute Gasteiger partial charge is 0.243 e. The molecular formula is C18H24FN2O2S+. The summed E-state index contributed by atoms with van der Waals surface area (Å²) >= 11 is 0. The molecule has 1 aliphatic heterocycles. The quantitative estimate of drug-likeness (QED) is 0.820. The van der Waals surface area contributed by atoms with E-state index >= 15 is 0 Å². The third-order valence-electron chi connectivity index (χ3n) is 5.85. The van der Waals surface area contributed by atoms with Crippen LogP contribution < -0.4 is 4.90 Å². The number of hydrogen-bond acceptors (Lipinski definition) is 2. The Kier molecular flexibility index (Phi) is 4.22. The molecule has 4 nitrogen and oxygen atoms in total. The van der Waals surface area contributed by atoms with Gasteiger partial charge in [0.2, 0.25) is 10.0 Å². The highest BCUT2D eigenvalue weighted by molar-refractivity contribution is 7.89. The Bertz CT molecular complexity index is 724. The van der Waals surface area contributed by atoms with Gasteiger partial charge in [-0.2, -0.15) is 4.31 Å². The molecule has 6 heteroatoms. The van der Waals surface area contributed by atoms with Gasteiger partial charge in [0.1, 0.15) is 5.82 Å². The summed E-state index contributed by atoms with van der Waals surface area (Å²) in [5.41, 5.74) is 0. The van der Waals surface area contributed by atoms with Crippen LogP contribution in [0.3, 0.4) is 0 Å². The summed E-state index contributed by atoms with van der Waals surface area (Å²) in [7, 11) is -3.50. The van der Waals surface area contributed by atoms with E-state index < -0.39 is 15.8 Å². The standard InChI is InChI=1S/C18H23FN2O2S/c19-17-3-5-18(6-4-17)24(22,23)21-9-7-20(8-10-21)13-16-12-14-1-2-15(16)11-14/h1-6,14-16H,7-13H2/p+1/t14-,15-,16-/m0/s1. The minimum Gasteiger partial charge on any atom is -0.332 e. The van der Waals surface area contributed by atoms with Crippen molar-refractivity contribution in [3.63, 3.8) is 0 Å². The topological polar surface area (TPSA) is 41.8 Å². The highest BCUT2D eigenvalue weighted by atomic mass is 32.2. The van der Waals surface area contributed by atoms with E-state index in [1.54, 1.807) is 4.31 Å². The maximum absolute atomic E-state index is 13.0. The first kappa shape index (κ1) is 16.2. The molecule has 2 bridgehead atoms. The Hall–Kier alpha value is -1.24. The van der Waals surface area contributed by atoms with Crippen LogP contribution in [0.4, 0.5) is 4.39 Å². The van der Waals surface area contributed by atoms with E-state index in [1.807, 2.05) is 0 Å². The molecule has 24 heavy (non-hydrogen) atoms. The average Bonchev–Trinajstić information content (AvgIpc) is 3.19. The normalized spacial score (nSPS) is 31.0. The van der Waals surface area contributed by atoms with Crippen molar-refractivity contribution in [2.75, 3.05) is 32.7 Å². The second-order valence-corrected chi connectivity index (χ2v) is 9.29. The Morgan fingerprint density at radius 3 is 2.38 bits per heavy atom. The van der Waals surface area contributed by atoms with Gasteiger partial charge in [0, 0.05) is 5.92 Å². The van der Waals surface area contributed by atoms with Gasteiger partial charge >= 0.3 is 0 Å². The Labute approximate surface area is 143 Å². The molecule has 1 aromatic rings. The number of fused-ring (bicyclic) bond motifs is 2. The Morgan fingerprint density at radius 2 is 1.79 bits per heavy atom. The number of nitrogens with zero attached hydrogens (tertiary/aromatic N) is 1. The predicted molar refractivity (Wildman–Crippen MR) is 89.6 cm³/mol. The average molecular weight is 351 g/mol. The molecule has 3 aliphatic rings. The van der Waals surface area contributed by atoms with Gasteiger partial charge in [-0.15, -0.1) is 0 Å². The van der Waals surface area contributed by atoms with Crippen molar-refractivity contribution < 1.29 is 17.7 Å². The highest BCUT2D eigenvalue weighted by Crippen LogP contribution is 2.42. The van der Waals surface area contributed by atoms with E-state index in [2.05, 4.69) is 12.2 Å². The van der Waals surface area contributed by atoms with Crippen LogP contribution in [-0.2, 0) is 10.0 Å². The molecule has 0 spiro atoms. The summed E-state index contributed by atoms with van der Waals surface area (Å²) in [6.45, 7) is 3.98. The first-order valence-corrected chi connectivity index (χ1v) is 10.2. The van der Waals surface area contributed by atoms with Crippen molar-refractivity contribution in [3.05, 3.63) is 42.2 Å². The number of halogens is 1. The summed E-state index contributed by atoms with van der Waals surface area (Å²) in [5, 5.41) is 0. The second-order valence-electron chi connectivity index (χ2n) is 7.35. The SMILES string of the molecule is O=S(=O)(c1ccc(F)cc1)N1CC[NH+](C[C@@H]2C[C@H]3C=C[C@H]2C3)CC1. The van der Waals surface area contributed by atoms with Crippen molar-refractivity contribution in [1.82, 2.24) is 4.31 Å². The number of hydrogen-bond donors (Lipinski definition) is 1. The van der Waals surface area contributed by atoms with Gasteiger partial charge < -0.3 is 4.90 Å². The van der Waals surface area contributed by atoms with Gasteiger partial charge in [-0.05, 0) is 48.9 Å². The van der Waals surface area contributed by atoms with Gasteiger partial charge in [0.05, 0.1) is 37.6 Å². The van der Waals surface area contributed by atoms with Gasteiger partial charge in [-0.25, -0.2) is 12.8 Å². The molecule has 2 fully saturated rings. The summed E-state index contributed by atoms with van der Waals surface area (Å²) in [6.07, 6.45) is 7.38. The number of piperazine rings is 1. The van der Waals surface area contributed by atoms with Crippen molar-refractivity contribution in [3.8, 4) is 0 Å².